The predicted molar refractivity (Wildman–Crippen MR) is 132 cm³/mol. The highest BCUT2D eigenvalue weighted by atomic mass is 19.1. The lowest BCUT2D eigenvalue weighted by Crippen LogP contribution is -2.43. The van der Waals surface area contributed by atoms with Crippen molar-refractivity contribution < 1.29 is 23.8 Å². The van der Waals surface area contributed by atoms with Gasteiger partial charge in [-0.25, -0.2) is 9.18 Å². The summed E-state index contributed by atoms with van der Waals surface area (Å²) in [5, 5.41) is 17.4. The van der Waals surface area contributed by atoms with Crippen LogP contribution in [0.15, 0.2) is 60.7 Å². The first-order valence-corrected chi connectivity index (χ1v) is 11.9. The van der Waals surface area contributed by atoms with Crippen molar-refractivity contribution in [3.63, 3.8) is 0 Å². The fourth-order valence-corrected chi connectivity index (χ4v) is 4.21. The van der Waals surface area contributed by atoms with Crippen molar-refractivity contribution >= 4 is 22.6 Å². The van der Waals surface area contributed by atoms with Crippen LogP contribution in [0.2, 0.25) is 0 Å². The van der Waals surface area contributed by atoms with Crippen LogP contribution in [0.4, 0.5) is 4.39 Å². The summed E-state index contributed by atoms with van der Waals surface area (Å²) < 4.78 is 19.3. The third-order valence-electron chi connectivity index (χ3n) is 6.10. The summed E-state index contributed by atoms with van der Waals surface area (Å²) in [6.07, 6.45) is 1.07. The topological polar surface area (TPSA) is 90.9 Å². The molecule has 8 heteroatoms. The van der Waals surface area contributed by atoms with Crippen LogP contribution in [0.3, 0.4) is 0 Å². The van der Waals surface area contributed by atoms with Gasteiger partial charge in [-0.1, -0.05) is 30.3 Å². The molecule has 4 rings (SSSR count). The standard InChI is InChI=1S/C27H30FN3O4/c28-23-4-1-3-22(17-23)26(32)30-25(27(33)34)16-19-5-6-21-18-24(8-7-20(21)15-19)35-14-2-11-31-12-9-29-10-13-31/h1,3-8,15,17-18,25,29H,2,9-14,16H2,(H,30,32)(H,33,34). The first kappa shape index (κ1) is 24.6. The molecule has 0 spiro atoms. The molecule has 1 fully saturated rings. The second-order valence-corrected chi connectivity index (χ2v) is 8.72. The largest absolute Gasteiger partial charge is 0.494 e. The number of ether oxygens (including phenoxy) is 1. The van der Waals surface area contributed by atoms with Crippen molar-refractivity contribution in [2.75, 3.05) is 39.3 Å². The molecule has 1 amide bonds. The zero-order valence-corrected chi connectivity index (χ0v) is 19.5. The van der Waals surface area contributed by atoms with E-state index in [9.17, 15) is 19.1 Å². The Balaban J connectivity index is 1.34. The highest BCUT2D eigenvalue weighted by molar-refractivity contribution is 5.96. The number of halogens is 1. The molecule has 1 heterocycles. The number of carbonyl (C=O) groups excluding carboxylic acids is 1. The van der Waals surface area contributed by atoms with Crippen molar-refractivity contribution in [3.8, 4) is 5.75 Å². The van der Waals surface area contributed by atoms with Crippen LogP contribution < -0.4 is 15.4 Å². The van der Waals surface area contributed by atoms with Gasteiger partial charge >= 0.3 is 5.97 Å². The number of carboxylic acid groups (broad SMARTS) is 1. The van der Waals surface area contributed by atoms with E-state index in [1.807, 2.05) is 36.4 Å². The van der Waals surface area contributed by atoms with Crippen LogP contribution in [0.1, 0.15) is 22.3 Å². The monoisotopic (exact) mass is 479 g/mol. The fourth-order valence-electron chi connectivity index (χ4n) is 4.21. The van der Waals surface area contributed by atoms with Crippen molar-refractivity contribution in [1.82, 2.24) is 15.5 Å². The number of nitrogens with one attached hydrogen (secondary N) is 2. The Bertz CT molecular complexity index is 1180. The van der Waals surface area contributed by atoms with Gasteiger partial charge in [-0.05, 0) is 53.1 Å². The van der Waals surface area contributed by atoms with Gasteiger partial charge in [-0.15, -0.1) is 0 Å². The molecule has 0 bridgehead atoms. The molecular weight excluding hydrogens is 449 g/mol. The van der Waals surface area contributed by atoms with Crippen LogP contribution in [0, 0.1) is 5.82 Å². The molecule has 1 aliphatic rings. The van der Waals surface area contributed by atoms with E-state index in [4.69, 9.17) is 4.74 Å². The number of hydrogen-bond acceptors (Lipinski definition) is 5. The summed E-state index contributed by atoms with van der Waals surface area (Å²) in [5.74, 6) is -1.53. The zero-order valence-electron chi connectivity index (χ0n) is 19.5. The van der Waals surface area contributed by atoms with E-state index in [0.717, 1.165) is 67.3 Å². The second-order valence-electron chi connectivity index (χ2n) is 8.72. The molecule has 1 saturated heterocycles. The van der Waals surface area contributed by atoms with Gasteiger partial charge in [0, 0.05) is 44.7 Å². The van der Waals surface area contributed by atoms with Crippen LogP contribution in [-0.2, 0) is 11.2 Å². The maximum atomic E-state index is 13.4. The fraction of sp³-hybridized carbons (Fsp3) is 0.333. The molecule has 1 unspecified atom stereocenters. The van der Waals surface area contributed by atoms with Gasteiger partial charge in [0.25, 0.3) is 5.91 Å². The Morgan fingerprint density at radius 2 is 1.83 bits per heavy atom. The van der Waals surface area contributed by atoms with Gasteiger partial charge in [0.2, 0.25) is 0 Å². The minimum atomic E-state index is -1.15. The molecule has 1 atom stereocenters. The molecule has 35 heavy (non-hydrogen) atoms. The number of nitrogens with zero attached hydrogens (tertiary/aromatic N) is 1. The maximum absolute atomic E-state index is 13.4. The van der Waals surface area contributed by atoms with E-state index in [1.165, 1.54) is 18.2 Å². The molecule has 0 saturated carbocycles. The molecule has 7 nitrogen and oxygen atoms in total. The van der Waals surface area contributed by atoms with Crippen LogP contribution in [0.25, 0.3) is 10.8 Å². The predicted octanol–water partition coefficient (Wildman–Crippen LogP) is 3.08. The van der Waals surface area contributed by atoms with E-state index in [0.29, 0.717) is 6.61 Å². The Hall–Kier alpha value is -3.49. The smallest absolute Gasteiger partial charge is 0.326 e. The van der Waals surface area contributed by atoms with Gasteiger partial charge in [-0.3, -0.25) is 4.79 Å². The Morgan fingerprint density at radius 3 is 2.60 bits per heavy atom. The Kier molecular flexibility index (Phi) is 8.28. The lowest BCUT2D eigenvalue weighted by Gasteiger charge is -2.26. The number of rotatable bonds is 10. The van der Waals surface area contributed by atoms with Gasteiger partial charge in [0.1, 0.15) is 17.6 Å². The van der Waals surface area contributed by atoms with Gasteiger partial charge in [0.05, 0.1) is 6.61 Å². The normalized spacial score (nSPS) is 15.0. The van der Waals surface area contributed by atoms with Crippen molar-refractivity contribution in [1.29, 1.82) is 0 Å². The molecule has 0 aliphatic carbocycles. The van der Waals surface area contributed by atoms with Crippen molar-refractivity contribution in [2.45, 2.75) is 18.9 Å². The molecule has 184 valence electrons. The zero-order chi connectivity index (χ0) is 24.6. The van der Waals surface area contributed by atoms with E-state index in [-0.39, 0.29) is 12.0 Å². The third-order valence-corrected chi connectivity index (χ3v) is 6.10. The van der Waals surface area contributed by atoms with Gasteiger partial charge < -0.3 is 25.4 Å². The average molecular weight is 480 g/mol. The molecular formula is C27H30FN3O4. The van der Waals surface area contributed by atoms with Crippen LogP contribution >= 0.6 is 0 Å². The summed E-state index contributed by atoms with van der Waals surface area (Å²) >= 11 is 0. The number of amides is 1. The van der Waals surface area contributed by atoms with Gasteiger partial charge in [-0.2, -0.15) is 0 Å². The van der Waals surface area contributed by atoms with Crippen LogP contribution in [-0.4, -0.2) is 67.3 Å². The average Bonchev–Trinajstić information content (AvgIpc) is 2.86. The number of aliphatic carboxylic acids is 1. The van der Waals surface area contributed by atoms with Gasteiger partial charge in [0.15, 0.2) is 0 Å². The minimum absolute atomic E-state index is 0.0789. The molecule has 1 aliphatic heterocycles. The number of hydrogen-bond donors (Lipinski definition) is 3. The number of fused-ring (bicyclic) bond motifs is 1. The van der Waals surface area contributed by atoms with Crippen molar-refractivity contribution in [2.24, 2.45) is 0 Å². The van der Waals surface area contributed by atoms with E-state index in [1.54, 1.807) is 0 Å². The SMILES string of the molecule is O=C(NC(Cc1ccc2cc(OCCCN3CCNCC3)ccc2c1)C(=O)O)c1cccc(F)c1. The van der Waals surface area contributed by atoms with E-state index < -0.39 is 23.7 Å². The molecule has 0 aromatic heterocycles. The summed E-state index contributed by atoms with van der Waals surface area (Å²) in [7, 11) is 0. The molecule has 3 aromatic carbocycles. The lowest BCUT2D eigenvalue weighted by molar-refractivity contribution is -0.139. The van der Waals surface area contributed by atoms with Crippen LogP contribution in [0.5, 0.6) is 5.75 Å². The molecule has 0 radical (unpaired) electrons. The Labute approximate surface area is 203 Å². The first-order chi connectivity index (χ1) is 17.0. The number of piperazine rings is 1. The first-order valence-electron chi connectivity index (χ1n) is 11.9. The molecule has 3 N–H and O–H groups in total. The lowest BCUT2D eigenvalue weighted by atomic mass is 10.0. The third kappa shape index (κ3) is 7.00. The summed E-state index contributed by atoms with van der Waals surface area (Å²) in [6.45, 7) is 5.92. The second kappa shape index (κ2) is 11.8. The van der Waals surface area contributed by atoms with E-state index in [2.05, 4.69) is 15.5 Å². The minimum Gasteiger partial charge on any atom is -0.494 e. The summed E-state index contributed by atoms with van der Waals surface area (Å²) in [5.41, 5.74) is 0.851. The quantitative estimate of drug-likeness (QED) is 0.387. The summed E-state index contributed by atoms with van der Waals surface area (Å²) in [6, 6.07) is 15.5. The Morgan fingerprint density at radius 1 is 1.06 bits per heavy atom. The number of carboxylic acids is 1. The highest BCUT2D eigenvalue weighted by Gasteiger charge is 2.21. The van der Waals surface area contributed by atoms with Crippen molar-refractivity contribution in [3.05, 3.63) is 77.6 Å². The maximum Gasteiger partial charge on any atom is 0.326 e. The summed E-state index contributed by atoms with van der Waals surface area (Å²) in [4.78, 5) is 26.6. The van der Waals surface area contributed by atoms with E-state index >= 15 is 0 Å². The molecule has 3 aromatic rings. The number of benzene rings is 3. The number of carbonyl (C=O) groups is 2. The highest BCUT2D eigenvalue weighted by Crippen LogP contribution is 2.23.